The van der Waals surface area contributed by atoms with Gasteiger partial charge >= 0.3 is 0 Å². The third-order valence-electron chi connectivity index (χ3n) is 2.75. The highest BCUT2D eigenvalue weighted by Gasteiger charge is 2.16. The number of benzene rings is 1. The van der Waals surface area contributed by atoms with E-state index in [0.29, 0.717) is 4.47 Å². The lowest BCUT2D eigenvalue weighted by molar-refractivity contribution is 0.579. The van der Waals surface area contributed by atoms with Crippen molar-refractivity contribution >= 4 is 15.9 Å². The van der Waals surface area contributed by atoms with Crippen LogP contribution in [0.15, 0.2) is 41.3 Å². The van der Waals surface area contributed by atoms with E-state index >= 15 is 0 Å². The summed E-state index contributed by atoms with van der Waals surface area (Å²) in [6, 6.07) is 4.92. The minimum atomic E-state index is -0.267. The highest BCUT2D eigenvalue weighted by molar-refractivity contribution is 9.10. The molecule has 100 valence electrons. The molecule has 5 heteroatoms. The Balaban J connectivity index is 2.34. The van der Waals surface area contributed by atoms with Gasteiger partial charge in [-0.2, -0.15) is 0 Å². The predicted octanol–water partition coefficient (Wildman–Crippen LogP) is 3.47. The van der Waals surface area contributed by atoms with Gasteiger partial charge in [-0.25, -0.2) is 4.39 Å². The molecule has 1 heterocycles. The average molecular weight is 324 g/mol. The van der Waals surface area contributed by atoms with Crippen molar-refractivity contribution in [1.29, 1.82) is 0 Å². The van der Waals surface area contributed by atoms with Gasteiger partial charge in [0.25, 0.3) is 0 Å². The average Bonchev–Trinajstić information content (AvgIpc) is 2.44. The van der Waals surface area contributed by atoms with Crippen molar-refractivity contribution in [3.8, 4) is 0 Å². The van der Waals surface area contributed by atoms with Gasteiger partial charge in [0, 0.05) is 12.4 Å². The minimum absolute atomic E-state index is 0.0782. The van der Waals surface area contributed by atoms with Gasteiger partial charge in [-0.1, -0.05) is 13.0 Å². The molecule has 1 aromatic carbocycles. The van der Waals surface area contributed by atoms with Crippen molar-refractivity contribution in [3.05, 3.63) is 58.3 Å². The summed E-state index contributed by atoms with van der Waals surface area (Å²) in [5, 5.41) is 3.40. The zero-order valence-corrected chi connectivity index (χ0v) is 12.2. The molecule has 3 nitrogen and oxygen atoms in total. The first-order chi connectivity index (χ1) is 9.22. The topological polar surface area (TPSA) is 37.8 Å². The van der Waals surface area contributed by atoms with Crippen LogP contribution in [0, 0.1) is 5.82 Å². The Bertz CT molecular complexity index is 533. The van der Waals surface area contributed by atoms with Crippen LogP contribution in [0.4, 0.5) is 4.39 Å². The molecule has 0 aliphatic heterocycles. The van der Waals surface area contributed by atoms with E-state index in [1.54, 1.807) is 30.7 Å². The number of hydrogen-bond donors (Lipinski definition) is 1. The molecule has 0 saturated carbocycles. The molecular formula is C14H15BrFN3. The second-order valence-corrected chi connectivity index (χ2v) is 5.05. The molecule has 0 amide bonds. The predicted molar refractivity (Wildman–Crippen MR) is 76.3 cm³/mol. The summed E-state index contributed by atoms with van der Waals surface area (Å²) in [6.07, 6.45) is 6.04. The Morgan fingerprint density at radius 3 is 2.84 bits per heavy atom. The Morgan fingerprint density at radius 1 is 1.37 bits per heavy atom. The monoisotopic (exact) mass is 323 g/mol. The molecule has 0 spiro atoms. The number of nitrogens with one attached hydrogen (secondary N) is 1. The maximum absolute atomic E-state index is 13.3. The smallest absolute Gasteiger partial charge is 0.137 e. The molecule has 1 aromatic heterocycles. The van der Waals surface area contributed by atoms with E-state index in [9.17, 15) is 4.39 Å². The second kappa shape index (κ2) is 6.73. The zero-order chi connectivity index (χ0) is 13.7. The van der Waals surface area contributed by atoms with Gasteiger partial charge in [-0.3, -0.25) is 9.97 Å². The number of aromatic nitrogens is 2. The van der Waals surface area contributed by atoms with E-state index < -0.39 is 0 Å². The third-order valence-corrected chi connectivity index (χ3v) is 3.36. The molecule has 2 aromatic rings. The van der Waals surface area contributed by atoms with Crippen LogP contribution in [0.25, 0.3) is 0 Å². The van der Waals surface area contributed by atoms with Crippen molar-refractivity contribution in [2.75, 3.05) is 6.54 Å². The largest absolute Gasteiger partial charge is 0.305 e. The molecule has 0 bridgehead atoms. The van der Waals surface area contributed by atoms with E-state index in [2.05, 4.69) is 38.1 Å². The first kappa shape index (κ1) is 14.1. The molecule has 2 rings (SSSR count). The molecule has 19 heavy (non-hydrogen) atoms. The number of halogens is 2. The first-order valence-corrected chi connectivity index (χ1v) is 6.96. The van der Waals surface area contributed by atoms with Gasteiger partial charge in [-0.05, 0) is 46.6 Å². The fourth-order valence-electron chi connectivity index (χ4n) is 1.83. The summed E-state index contributed by atoms with van der Waals surface area (Å²) >= 11 is 3.22. The van der Waals surface area contributed by atoms with Gasteiger partial charge < -0.3 is 5.32 Å². The SMILES string of the molecule is CCCNC(c1ccc(F)c(Br)c1)c1cnccn1. The zero-order valence-electron chi connectivity index (χ0n) is 10.6. The Labute approximate surface area is 120 Å². The van der Waals surface area contributed by atoms with Crippen LogP contribution >= 0.6 is 15.9 Å². The Kier molecular flexibility index (Phi) is 4.99. The molecule has 0 fully saturated rings. The van der Waals surface area contributed by atoms with E-state index in [-0.39, 0.29) is 11.9 Å². The molecule has 0 aliphatic rings. The quantitative estimate of drug-likeness (QED) is 0.915. The van der Waals surface area contributed by atoms with Crippen molar-refractivity contribution in [3.63, 3.8) is 0 Å². The van der Waals surface area contributed by atoms with Crippen LogP contribution < -0.4 is 5.32 Å². The maximum atomic E-state index is 13.3. The third kappa shape index (κ3) is 3.58. The summed E-state index contributed by atoms with van der Waals surface area (Å²) in [7, 11) is 0. The lowest BCUT2D eigenvalue weighted by atomic mass is 10.0. The fourth-order valence-corrected chi connectivity index (χ4v) is 2.23. The van der Waals surface area contributed by atoms with Crippen LogP contribution in [-0.2, 0) is 0 Å². The number of hydrogen-bond acceptors (Lipinski definition) is 3. The summed E-state index contributed by atoms with van der Waals surface area (Å²) in [6.45, 7) is 2.96. The number of rotatable bonds is 5. The fraction of sp³-hybridized carbons (Fsp3) is 0.286. The highest BCUT2D eigenvalue weighted by Crippen LogP contribution is 2.24. The van der Waals surface area contributed by atoms with Crippen LogP contribution in [-0.4, -0.2) is 16.5 Å². The second-order valence-electron chi connectivity index (χ2n) is 4.19. The van der Waals surface area contributed by atoms with Gasteiger partial charge in [0.15, 0.2) is 0 Å². The van der Waals surface area contributed by atoms with E-state index in [1.807, 2.05) is 0 Å². The van der Waals surface area contributed by atoms with E-state index in [4.69, 9.17) is 0 Å². The molecule has 0 saturated heterocycles. The highest BCUT2D eigenvalue weighted by atomic mass is 79.9. The molecule has 1 atom stereocenters. The van der Waals surface area contributed by atoms with Crippen LogP contribution in [0.5, 0.6) is 0 Å². The van der Waals surface area contributed by atoms with Crippen molar-refractivity contribution in [1.82, 2.24) is 15.3 Å². The van der Waals surface area contributed by atoms with Crippen LogP contribution in [0.3, 0.4) is 0 Å². The van der Waals surface area contributed by atoms with Gasteiger partial charge in [0.05, 0.1) is 22.4 Å². The van der Waals surface area contributed by atoms with E-state index in [1.165, 1.54) is 6.07 Å². The summed E-state index contributed by atoms with van der Waals surface area (Å²) in [4.78, 5) is 8.42. The lowest BCUT2D eigenvalue weighted by Crippen LogP contribution is -2.24. The molecule has 0 radical (unpaired) electrons. The van der Waals surface area contributed by atoms with Crippen molar-refractivity contribution in [2.24, 2.45) is 0 Å². The molecule has 0 aliphatic carbocycles. The van der Waals surface area contributed by atoms with Crippen molar-refractivity contribution < 1.29 is 4.39 Å². The van der Waals surface area contributed by atoms with Crippen molar-refractivity contribution in [2.45, 2.75) is 19.4 Å². The normalized spacial score (nSPS) is 12.4. The van der Waals surface area contributed by atoms with Gasteiger partial charge in [0.2, 0.25) is 0 Å². The summed E-state index contributed by atoms with van der Waals surface area (Å²) < 4.78 is 13.8. The van der Waals surface area contributed by atoms with Crippen LogP contribution in [0.1, 0.15) is 30.6 Å². The Hall–Kier alpha value is -1.33. The van der Waals surface area contributed by atoms with E-state index in [0.717, 1.165) is 24.2 Å². The van der Waals surface area contributed by atoms with Gasteiger partial charge in [-0.15, -0.1) is 0 Å². The molecule has 1 N–H and O–H groups in total. The molecular weight excluding hydrogens is 309 g/mol. The number of nitrogens with zero attached hydrogens (tertiary/aromatic N) is 2. The van der Waals surface area contributed by atoms with Gasteiger partial charge in [0.1, 0.15) is 5.82 Å². The summed E-state index contributed by atoms with van der Waals surface area (Å²) in [5.74, 6) is -0.267. The van der Waals surface area contributed by atoms with Crippen LogP contribution in [0.2, 0.25) is 0 Å². The summed E-state index contributed by atoms with van der Waals surface area (Å²) in [5.41, 5.74) is 1.79. The molecule has 1 unspecified atom stereocenters. The first-order valence-electron chi connectivity index (χ1n) is 6.16. The minimum Gasteiger partial charge on any atom is -0.305 e. The lowest BCUT2D eigenvalue weighted by Gasteiger charge is -2.18. The maximum Gasteiger partial charge on any atom is 0.137 e. The standard InChI is InChI=1S/C14H15BrFN3/c1-2-5-19-14(13-9-17-6-7-18-13)10-3-4-12(16)11(15)8-10/h3-4,6-9,14,19H,2,5H2,1H3. The Morgan fingerprint density at radius 2 is 2.21 bits per heavy atom.